The molecule has 96 valence electrons. The Hall–Kier alpha value is -2.63. The second-order valence-electron chi connectivity index (χ2n) is 4.32. The lowest BCUT2D eigenvalue weighted by atomic mass is 10.2. The number of benzene rings is 1. The third-order valence-corrected chi connectivity index (χ3v) is 2.84. The molecule has 0 amide bonds. The van der Waals surface area contributed by atoms with Crippen molar-refractivity contribution < 1.29 is 4.74 Å². The molecule has 0 spiro atoms. The summed E-state index contributed by atoms with van der Waals surface area (Å²) in [5, 5.41) is 8.05. The molecule has 6 nitrogen and oxygen atoms in total. The van der Waals surface area contributed by atoms with Crippen molar-refractivity contribution in [3.63, 3.8) is 0 Å². The number of hydrogen-bond donors (Lipinski definition) is 1. The summed E-state index contributed by atoms with van der Waals surface area (Å²) >= 11 is 0. The van der Waals surface area contributed by atoms with Crippen LogP contribution in [0.1, 0.15) is 11.4 Å². The van der Waals surface area contributed by atoms with E-state index in [1.165, 1.54) is 0 Å². The quantitative estimate of drug-likeness (QED) is 0.709. The predicted octanol–water partition coefficient (Wildman–Crippen LogP) is 2.12. The maximum absolute atomic E-state index is 5.89. The van der Waals surface area contributed by atoms with Crippen molar-refractivity contribution in [1.82, 2.24) is 19.6 Å². The van der Waals surface area contributed by atoms with Gasteiger partial charge in [0.05, 0.1) is 5.69 Å². The van der Waals surface area contributed by atoms with E-state index in [-0.39, 0.29) is 0 Å². The largest absolute Gasteiger partial charge is 0.434 e. The van der Waals surface area contributed by atoms with Crippen LogP contribution in [0.5, 0.6) is 11.6 Å². The molecule has 2 N–H and O–H groups in total. The lowest BCUT2D eigenvalue weighted by Crippen LogP contribution is -1.97. The van der Waals surface area contributed by atoms with Crippen LogP contribution in [0.4, 0.5) is 5.69 Å². The Bertz CT molecular complexity index is 750. The Balaban J connectivity index is 2.08. The molecule has 19 heavy (non-hydrogen) atoms. The van der Waals surface area contributed by atoms with Crippen molar-refractivity contribution in [3.05, 3.63) is 42.0 Å². The predicted molar refractivity (Wildman–Crippen MR) is 71.2 cm³/mol. The van der Waals surface area contributed by atoms with Crippen LogP contribution < -0.4 is 10.5 Å². The van der Waals surface area contributed by atoms with Crippen molar-refractivity contribution >= 4 is 11.3 Å². The molecule has 0 saturated heterocycles. The highest BCUT2D eigenvalue weighted by molar-refractivity contribution is 5.58. The molecule has 0 bridgehead atoms. The minimum absolute atomic E-state index is 0.389. The minimum Gasteiger partial charge on any atom is -0.434 e. The van der Waals surface area contributed by atoms with Gasteiger partial charge in [0, 0.05) is 12.4 Å². The molecule has 3 rings (SSSR count). The van der Waals surface area contributed by atoms with E-state index in [0.717, 1.165) is 11.4 Å². The zero-order chi connectivity index (χ0) is 13.4. The summed E-state index contributed by atoms with van der Waals surface area (Å²) in [6.45, 7) is 3.84. The number of aryl methyl sites for hydroxylation is 2. The number of aromatic nitrogens is 4. The van der Waals surface area contributed by atoms with E-state index in [1.807, 2.05) is 30.4 Å². The third kappa shape index (κ3) is 1.97. The first kappa shape index (κ1) is 11.5. The lowest BCUT2D eigenvalue weighted by molar-refractivity contribution is 0.466. The number of anilines is 1. The fraction of sp³-hybridized carbons (Fsp3) is 0.154. The van der Waals surface area contributed by atoms with Crippen LogP contribution in [0.2, 0.25) is 0 Å². The van der Waals surface area contributed by atoms with Crippen LogP contribution in [0.3, 0.4) is 0 Å². The second-order valence-corrected chi connectivity index (χ2v) is 4.32. The van der Waals surface area contributed by atoms with Crippen LogP contribution in [0.25, 0.3) is 5.65 Å². The molecular weight excluding hydrogens is 242 g/mol. The Morgan fingerprint density at radius 2 is 2.05 bits per heavy atom. The van der Waals surface area contributed by atoms with E-state index >= 15 is 0 Å². The highest BCUT2D eigenvalue weighted by atomic mass is 16.5. The van der Waals surface area contributed by atoms with Crippen molar-refractivity contribution in [2.45, 2.75) is 13.8 Å². The number of nitrogens with zero attached hydrogens (tertiary/aromatic N) is 4. The Morgan fingerprint density at radius 3 is 2.89 bits per heavy atom. The van der Waals surface area contributed by atoms with Gasteiger partial charge in [0.1, 0.15) is 5.82 Å². The maximum atomic E-state index is 5.89. The molecule has 2 heterocycles. The van der Waals surface area contributed by atoms with E-state index in [2.05, 4.69) is 15.2 Å². The Morgan fingerprint density at radius 1 is 1.21 bits per heavy atom. The van der Waals surface area contributed by atoms with Crippen molar-refractivity contribution in [1.29, 1.82) is 0 Å². The molecule has 0 radical (unpaired) electrons. The smallest absolute Gasteiger partial charge is 0.265 e. The molecule has 0 atom stereocenters. The van der Waals surface area contributed by atoms with E-state index < -0.39 is 0 Å². The molecule has 3 aromatic rings. The van der Waals surface area contributed by atoms with Gasteiger partial charge in [-0.2, -0.15) is 0 Å². The van der Waals surface area contributed by atoms with Gasteiger partial charge < -0.3 is 10.5 Å². The number of fused-ring (bicyclic) bond motifs is 1. The zero-order valence-electron chi connectivity index (χ0n) is 10.7. The van der Waals surface area contributed by atoms with Crippen LogP contribution in [0.15, 0.2) is 30.6 Å². The SMILES string of the molecule is Cc1ccc(N)c(Oc2nccn3c(C)nnc23)c1. The van der Waals surface area contributed by atoms with Crippen LogP contribution >= 0.6 is 0 Å². The number of nitrogens with two attached hydrogens (primary N) is 1. The first-order chi connectivity index (χ1) is 9.15. The normalized spacial score (nSPS) is 10.8. The summed E-state index contributed by atoms with van der Waals surface area (Å²) in [7, 11) is 0. The zero-order valence-corrected chi connectivity index (χ0v) is 10.7. The van der Waals surface area contributed by atoms with Crippen molar-refractivity contribution in [3.8, 4) is 11.6 Å². The van der Waals surface area contributed by atoms with Crippen molar-refractivity contribution in [2.75, 3.05) is 5.73 Å². The minimum atomic E-state index is 0.389. The van der Waals surface area contributed by atoms with Gasteiger partial charge >= 0.3 is 0 Å². The Labute approximate surface area is 109 Å². The number of hydrogen-bond acceptors (Lipinski definition) is 5. The number of rotatable bonds is 2. The standard InChI is InChI=1S/C13H13N5O/c1-8-3-4-10(14)11(7-8)19-13-12-17-16-9(2)18(12)6-5-15-13/h3-7H,14H2,1-2H3. The van der Waals surface area contributed by atoms with Crippen LogP contribution in [0, 0.1) is 13.8 Å². The lowest BCUT2D eigenvalue weighted by Gasteiger charge is -2.08. The molecule has 0 saturated carbocycles. The van der Waals surface area contributed by atoms with Gasteiger partial charge in [0.2, 0.25) is 5.65 Å². The van der Waals surface area contributed by atoms with Gasteiger partial charge in [-0.1, -0.05) is 6.07 Å². The summed E-state index contributed by atoms with van der Waals surface area (Å²) in [6, 6.07) is 5.60. The summed E-state index contributed by atoms with van der Waals surface area (Å²) in [6.07, 6.45) is 3.43. The highest BCUT2D eigenvalue weighted by Gasteiger charge is 2.11. The number of ether oxygens (including phenoxy) is 1. The first-order valence-electron chi connectivity index (χ1n) is 5.85. The van der Waals surface area contributed by atoms with E-state index in [9.17, 15) is 0 Å². The molecule has 0 aliphatic heterocycles. The fourth-order valence-electron chi connectivity index (χ4n) is 1.83. The topological polar surface area (TPSA) is 78.3 Å². The van der Waals surface area contributed by atoms with E-state index in [1.54, 1.807) is 18.5 Å². The van der Waals surface area contributed by atoms with Gasteiger partial charge in [-0.3, -0.25) is 4.40 Å². The molecule has 0 unspecified atom stereocenters. The fourth-order valence-corrected chi connectivity index (χ4v) is 1.83. The molecule has 0 aliphatic rings. The summed E-state index contributed by atoms with van der Waals surface area (Å²) in [5.74, 6) is 1.74. The van der Waals surface area contributed by atoms with Gasteiger partial charge in [-0.25, -0.2) is 4.98 Å². The molecule has 0 aliphatic carbocycles. The first-order valence-corrected chi connectivity index (χ1v) is 5.85. The summed E-state index contributed by atoms with van der Waals surface area (Å²) < 4.78 is 7.57. The summed E-state index contributed by atoms with van der Waals surface area (Å²) in [4.78, 5) is 4.19. The molecular formula is C13H13N5O. The van der Waals surface area contributed by atoms with Gasteiger partial charge in [0.15, 0.2) is 5.75 Å². The molecule has 0 fully saturated rings. The molecule has 6 heteroatoms. The summed E-state index contributed by atoms with van der Waals surface area (Å²) in [5.41, 5.74) is 8.09. The second kappa shape index (κ2) is 4.24. The molecule has 2 aromatic heterocycles. The average molecular weight is 255 g/mol. The van der Waals surface area contributed by atoms with Crippen LogP contribution in [-0.4, -0.2) is 19.6 Å². The van der Waals surface area contributed by atoms with Crippen LogP contribution in [-0.2, 0) is 0 Å². The van der Waals surface area contributed by atoms with Gasteiger partial charge in [-0.15, -0.1) is 10.2 Å². The highest BCUT2D eigenvalue weighted by Crippen LogP contribution is 2.28. The third-order valence-electron chi connectivity index (χ3n) is 2.84. The van der Waals surface area contributed by atoms with Gasteiger partial charge in [-0.05, 0) is 31.5 Å². The van der Waals surface area contributed by atoms with Crippen molar-refractivity contribution in [2.24, 2.45) is 0 Å². The number of nitrogen functional groups attached to an aromatic ring is 1. The molecule has 1 aromatic carbocycles. The maximum Gasteiger partial charge on any atom is 0.265 e. The monoisotopic (exact) mass is 255 g/mol. The Kier molecular flexibility index (Phi) is 2.56. The van der Waals surface area contributed by atoms with E-state index in [0.29, 0.717) is 23.0 Å². The average Bonchev–Trinajstić information content (AvgIpc) is 2.77. The van der Waals surface area contributed by atoms with E-state index in [4.69, 9.17) is 10.5 Å². The van der Waals surface area contributed by atoms with Gasteiger partial charge in [0.25, 0.3) is 5.88 Å².